The molecule has 0 fully saturated rings. The summed E-state index contributed by atoms with van der Waals surface area (Å²) in [7, 11) is 0. The van der Waals surface area contributed by atoms with Gasteiger partial charge in [-0.05, 0) is 42.0 Å². The average Bonchev–Trinajstić information content (AvgIpc) is 2.39. The van der Waals surface area contributed by atoms with Crippen molar-refractivity contribution < 1.29 is 15.0 Å². The lowest BCUT2D eigenvalue weighted by Crippen LogP contribution is -2.20. The molecule has 19 heavy (non-hydrogen) atoms. The van der Waals surface area contributed by atoms with Gasteiger partial charge in [-0.3, -0.25) is 0 Å². The van der Waals surface area contributed by atoms with Crippen molar-refractivity contribution in [3.8, 4) is 5.75 Å². The highest BCUT2D eigenvalue weighted by Gasteiger charge is 2.19. The molecule has 0 aliphatic rings. The Morgan fingerprint density at radius 3 is 2.16 bits per heavy atom. The predicted molar refractivity (Wildman–Crippen MR) is 73.6 cm³/mol. The lowest BCUT2D eigenvalue weighted by Gasteiger charge is -2.16. The Labute approximate surface area is 115 Å². The second-order valence-electron chi connectivity index (χ2n) is 4.01. The standard InChI is InChI=1S/C14H12ClNO3/c15-10-3-5-11(6-4-10)16-13(14(18)19)9-1-7-12(17)8-2-9/h1-8,13,16-17H,(H,18,19). The molecule has 0 bridgehead atoms. The van der Waals surface area contributed by atoms with Gasteiger partial charge in [0.25, 0.3) is 0 Å². The number of anilines is 1. The van der Waals surface area contributed by atoms with Crippen LogP contribution in [0.1, 0.15) is 11.6 Å². The molecule has 98 valence electrons. The van der Waals surface area contributed by atoms with Crippen molar-refractivity contribution in [1.82, 2.24) is 0 Å². The fourth-order valence-corrected chi connectivity index (χ4v) is 1.79. The quantitative estimate of drug-likeness (QED) is 0.802. The summed E-state index contributed by atoms with van der Waals surface area (Å²) in [4.78, 5) is 11.3. The Morgan fingerprint density at radius 1 is 1.05 bits per heavy atom. The van der Waals surface area contributed by atoms with Crippen molar-refractivity contribution in [3.05, 3.63) is 59.1 Å². The van der Waals surface area contributed by atoms with Crippen LogP contribution in [0.5, 0.6) is 5.75 Å². The summed E-state index contributed by atoms with van der Waals surface area (Å²) in [6.07, 6.45) is 0. The normalized spacial score (nSPS) is 11.8. The van der Waals surface area contributed by atoms with Crippen LogP contribution in [0.15, 0.2) is 48.5 Å². The van der Waals surface area contributed by atoms with Crippen LogP contribution >= 0.6 is 11.6 Å². The molecule has 3 N–H and O–H groups in total. The molecule has 2 rings (SSSR count). The number of benzene rings is 2. The van der Waals surface area contributed by atoms with E-state index in [2.05, 4.69) is 5.32 Å². The smallest absolute Gasteiger partial charge is 0.330 e. The highest BCUT2D eigenvalue weighted by atomic mass is 35.5. The van der Waals surface area contributed by atoms with E-state index in [0.29, 0.717) is 16.3 Å². The average molecular weight is 278 g/mol. The number of aromatic hydroxyl groups is 1. The Kier molecular flexibility index (Phi) is 3.92. The fraction of sp³-hybridized carbons (Fsp3) is 0.0714. The first-order valence-electron chi connectivity index (χ1n) is 5.60. The number of aliphatic carboxylic acids is 1. The van der Waals surface area contributed by atoms with Gasteiger partial charge in [0.15, 0.2) is 6.04 Å². The van der Waals surface area contributed by atoms with Gasteiger partial charge < -0.3 is 15.5 Å². The van der Waals surface area contributed by atoms with Gasteiger partial charge in [-0.15, -0.1) is 0 Å². The number of hydrogen-bond donors (Lipinski definition) is 3. The second kappa shape index (κ2) is 5.63. The van der Waals surface area contributed by atoms with Crippen LogP contribution in [-0.4, -0.2) is 16.2 Å². The number of nitrogens with one attached hydrogen (secondary N) is 1. The van der Waals surface area contributed by atoms with Crippen LogP contribution in [0.4, 0.5) is 5.69 Å². The van der Waals surface area contributed by atoms with E-state index in [1.807, 2.05) is 0 Å². The number of carboxylic acids is 1. The first-order valence-corrected chi connectivity index (χ1v) is 5.98. The number of phenols is 1. The van der Waals surface area contributed by atoms with Gasteiger partial charge in [0.2, 0.25) is 0 Å². The molecule has 0 amide bonds. The molecule has 1 unspecified atom stereocenters. The third-order valence-corrected chi connectivity index (χ3v) is 2.88. The van der Waals surface area contributed by atoms with E-state index in [9.17, 15) is 15.0 Å². The van der Waals surface area contributed by atoms with E-state index in [0.717, 1.165) is 0 Å². The predicted octanol–water partition coefficient (Wildman–Crippen LogP) is 3.28. The molecular weight excluding hydrogens is 266 g/mol. The van der Waals surface area contributed by atoms with Crippen molar-refractivity contribution in [1.29, 1.82) is 0 Å². The molecule has 1 atom stereocenters. The van der Waals surface area contributed by atoms with Crippen LogP contribution in [0, 0.1) is 0 Å². The number of rotatable bonds is 4. The number of phenolic OH excluding ortho intramolecular Hbond substituents is 1. The summed E-state index contributed by atoms with van der Waals surface area (Å²) in [5.74, 6) is -0.903. The summed E-state index contributed by atoms with van der Waals surface area (Å²) in [6, 6.07) is 11.9. The molecule has 0 saturated carbocycles. The van der Waals surface area contributed by atoms with E-state index >= 15 is 0 Å². The van der Waals surface area contributed by atoms with Crippen molar-refractivity contribution in [2.24, 2.45) is 0 Å². The number of carbonyl (C=O) groups is 1. The molecule has 5 heteroatoms. The molecule has 0 spiro atoms. The Bertz CT molecular complexity index is 566. The zero-order chi connectivity index (χ0) is 13.8. The number of carboxylic acid groups (broad SMARTS) is 1. The lowest BCUT2D eigenvalue weighted by molar-refractivity contribution is -0.138. The Hall–Kier alpha value is -2.20. The molecule has 0 aliphatic heterocycles. The van der Waals surface area contributed by atoms with Gasteiger partial charge in [0.05, 0.1) is 0 Å². The summed E-state index contributed by atoms with van der Waals surface area (Å²) in [6.45, 7) is 0. The third kappa shape index (κ3) is 3.39. The maximum atomic E-state index is 11.3. The van der Waals surface area contributed by atoms with Gasteiger partial charge in [-0.2, -0.15) is 0 Å². The molecule has 2 aromatic rings. The molecule has 0 saturated heterocycles. The van der Waals surface area contributed by atoms with E-state index in [1.54, 1.807) is 36.4 Å². The van der Waals surface area contributed by atoms with Gasteiger partial charge >= 0.3 is 5.97 Å². The first kappa shape index (κ1) is 13.2. The Balaban J connectivity index is 2.23. The van der Waals surface area contributed by atoms with E-state index in [-0.39, 0.29) is 5.75 Å². The SMILES string of the molecule is O=C(O)C(Nc1ccc(Cl)cc1)c1ccc(O)cc1. The highest BCUT2D eigenvalue weighted by Crippen LogP contribution is 2.23. The van der Waals surface area contributed by atoms with Gasteiger partial charge in [-0.1, -0.05) is 23.7 Å². The summed E-state index contributed by atoms with van der Waals surface area (Å²) >= 11 is 5.77. The summed E-state index contributed by atoms with van der Waals surface area (Å²) < 4.78 is 0. The van der Waals surface area contributed by atoms with E-state index < -0.39 is 12.0 Å². The molecule has 0 radical (unpaired) electrons. The molecule has 0 heterocycles. The first-order chi connectivity index (χ1) is 9.06. The number of halogens is 1. The molecule has 4 nitrogen and oxygen atoms in total. The van der Waals surface area contributed by atoms with Crippen LogP contribution in [-0.2, 0) is 4.79 Å². The topological polar surface area (TPSA) is 69.6 Å². The van der Waals surface area contributed by atoms with E-state index in [1.165, 1.54) is 12.1 Å². The summed E-state index contributed by atoms with van der Waals surface area (Å²) in [5.41, 5.74) is 1.21. The van der Waals surface area contributed by atoms with Crippen LogP contribution in [0.25, 0.3) is 0 Å². The van der Waals surface area contributed by atoms with Crippen LogP contribution in [0.2, 0.25) is 5.02 Å². The number of hydrogen-bond acceptors (Lipinski definition) is 3. The van der Waals surface area contributed by atoms with Gasteiger partial charge in [-0.25, -0.2) is 4.79 Å². The van der Waals surface area contributed by atoms with Crippen molar-refractivity contribution in [3.63, 3.8) is 0 Å². The van der Waals surface area contributed by atoms with Crippen molar-refractivity contribution >= 4 is 23.3 Å². The van der Waals surface area contributed by atoms with E-state index in [4.69, 9.17) is 11.6 Å². The summed E-state index contributed by atoms with van der Waals surface area (Å²) in [5, 5.41) is 22.0. The van der Waals surface area contributed by atoms with Crippen molar-refractivity contribution in [2.45, 2.75) is 6.04 Å². The zero-order valence-electron chi connectivity index (χ0n) is 9.88. The fourth-order valence-electron chi connectivity index (χ4n) is 1.67. The minimum Gasteiger partial charge on any atom is -0.508 e. The molecule has 2 aromatic carbocycles. The minimum atomic E-state index is -0.999. The molecule has 0 aliphatic carbocycles. The second-order valence-corrected chi connectivity index (χ2v) is 4.45. The minimum absolute atomic E-state index is 0.0966. The lowest BCUT2D eigenvalue weighted by atomic mass is 10.1. The maximum Gasteiger partial charge on any atom is 0.330 e. The van der Waals surface area contributed by atoms with Gasteiger partial charge in [0, 0.05) is 10.7 Å². The monoisotopic (exact) mass is 277 g/mol. The van der Waals surface area contributed by atoms with Crippen LogP contribution in [0.3, 0.4) is 0 Å². The maximum absolute atomic E-state index is 11.3. The molecular formula is C14H12ClNO3. The van der Waals surface area contributed by atoms with Crippen molar-refractivity contribution in [2.75, 3.05) is 5.32 Å². The third-order valence-electron chi connectivity index (χ3n) is 2.63. The van der Waals surface area contributed by atoms with Gasteiger partial charge in [0.1, 0.15) is 5.75 Å². The Morgan fingerprint density at radius 2 is 1.63 bits per heavy atom. The molecule has 0 aromatic heterocycles. The zero-order valence-corrected chi connectivity index (χ0v) is 10.6. The highest BCUT2D eigenvalue weighted by molar-refractivity contribution is 6.30. The largest absolute Gasteiger partial charge is 0.508 e. The van der Waals surface area contributed by atoms with Crippen LogP contribution < -0.4 is 5.32 Å².